The first-order chi connectivity index (χ1) is 8.27. The molecule has 0 aliphatic carbocycles. The van der Waals surface area contributed by atoms with Gasteiger partial charge in [0.1, 0.15) is 6.04 Å². The Bertz CT molecular complexity index is 266. The molecule has 1 aliphatic rings. The molecular formula is C12H23N3O2. The molecule has 1 rings (SSSR count). The maximum Gasteiger partial charge on any atom is 0.249 e. The molecule has 0 aromatic heterocycles. The van der Waals surface area contributed by atoms with Gasteiger partial charge in [0.15, 0.2) is 5.96 Å². The van der Waals surface area contributed by atoms with Gasteiger partial charge in [-0.3, -0.25) is 15.1 Å². The quantitative estimate of drug-likeness (QED) is 0.624. The summed E-state index contributed by atoms with van der Waals surface area (Å²) >= 11 is 0. The third kappa shape index (κ3) is 5.17. The fourth-order valence-electron chi connectivity index (χ4n) is 1.78. The van der Waals surface area contributed by atoms with Gasteiger partial charge in [0.05, 0.1) is 13.2 Å². The first-order valence-electron chi connectivity index (χ1n) is 6.38. The van der Waals surface area contributed by atoms with Crippen molar-refractivity contribution in [1.29, 1.82) is 0 Å². The number of hydrogen-bond donors (Lipinski definition) is 2. The van der Waals surface area contributed by atoms with Crippen molar-refractivity contribution >= 4 is 11.9 Å². The summed E-state index contributed by atoms with van der Waals surface area (Å²) < 4.78 is 4.90. The third-order valence-electron chi connectivity index (χ3n) is 2.78. The summed E-state index contributed by atoms with van der Waals surface area (Å²) in [6.07, 6.45) is 5.62. The molecule has 1 aliphatic heterocycles. The number of hydrogen-bond acceptors (Lipinski definition) is 3. The number of nitrogens with zero attached hydrogens (tertiary/aromatic N) is 1. The van der Waals surface area contributed by atoms with E-state index in [9.17, 15) is 4.79 Å². The molecule has 98 valence electrons. The molecule has 1 fully saturated rings. The van der Waals surface area contributed by atoms with Crippen LogP contribution in [0.5, 0.6) is 0 Å². The molecule has 0 saturated carbocycles. The van der Waals surface area contributed by atoms with Crippen molar-refractivity contribution in [3.8, 4) is 0 Å². The predicted octanol–water partition coefficient (Wildman–Crippen LogP) is 1.05. The van der Waals surface area contributed by atoms with E-state index < -0.39 is 0 Å². The molecule has 1 saturated heterocycles. The van der Waals surface area contributed by atoms with Crippen LogP contribution in [-0.4, -0.2) is 38.2 Å². The number of ether oxygens (including phenoxy) is 1. The molecule has 2 N–H and O–H groups in total. The summed E-state index contributed by atoms with van der Waals surface area (Å²) in [4.78, 5) is 15.8. The van der Waals surface area contributed by atoms with Crippen molar-refractivity contribution in [1.82, 2.24) is 10.6 Å². The Morgan fingerprint density at radius 2 is 2.18 bits per heavy atom. The number of aliphatic imine (C=N–C) groups is 1. The summed E-state index contributed by atoms with van der Waals surface area (Å²) in [5.41, 5.74) is 0. The van der Waals surface area contributed by atoms with E-state index in [1.807, 2.05) is 0 Å². The molecule has 0 aromatic carbocycles. The number of carbonyl (C=O) groups excluding carboxylic acids is 1. The molecule has 5 heteroatoms. The van der Waals surface area contributed by atoms with E-state index in [1.54, 1.807) is 7.11 Å². The van der Waals surface area contributed by atoms with Crippen LogP contribution in [0.15, 0.2) is 4.99 Å². The van der Waals surface area contributed by atoms with E-state index in [-0.39, 0.29) is 11.9 Å². The molecule has 1 heterocycles. The van der Waals surface area contributed by atoms with Gasteiger partial charge in [-0.15, -0.1) is 0 Å². The highest BCUT2D eigenvalue weighted by molar-refractivity contribution is 6.06. The van der Waals surface area contributed by atoms with E-state index in [1.165, 1.54) is 19.3 Å². The van der Waals surface area contributed by atoms with Gasteiger partial charge in [-0.2, -0.15) is 0 Å². The van der Waals surface area contributed by atoms with Crippen molar-refractivity contribution in [2.75, 3.05) is 20.3 Å². The highest BCUT2D eigenvalue weighted by atomic mass is 16.5. The highest BCUT2D eigenvalue weighted by Gasteiger charge is 2.27. The maximum atomic E-state index is 11.6. The van der Waals surface area contributed by atoms with E-state index in [0.29, 0.717) is 19.1 Å². The van der Waals surface area contributed by atoms with Crippen LogP contribution in [-0.2, 0) is 9.53 Å². The molecule has 0 radical (unpaired) electrons. The Labute approximate surface area is 103 Å². The van der Waals surface area contributed by atoms with Crippen LogP contribution in [0.3, 0.4) is 0 Å². The van der Waals surface area contributed by atoms with E-state index in [2.05, 4.69) is 22.5 Å². The second kappa shape index (κ2) is 8.06. The lowest BCUT2D eigenvalue weighted by Gasteiger charge is -2.06. The molecular weight excluding hydrogens is 218 g/mol. The summed E-state index contributed by atoms with van der Waals surface area (Å²) in [6, 6.07) is -0.104. The summed E-state index contributed by atoms with van der Waals surface area (Å²) in [7, 11) is 1.64. The van der Waals surface area contributed by atoms with E-state index in [0.717, 1.165) is 12.8 Å². The minimum absolute atomic E-state index is 0.0395. The Balaban J connectivity index is 2.24. The topological polar surface area (TPSA) is 62.7 Å². The smallest absolute Gasteiger partial charge is 0.249 e. The average molecular weight is 241 g/mol. The van der Waals surface area contributed by atoms with Gasteiger partial charge < -0.3 is 10.1 Å². The molecule has 1 amide bonds. The molecule has 0 bridgehead atoms. The van der Waals surface area contributed by atoms with E-state index >= 15 is 0 Å². The SMILES string of the molecule is CCCCCCC1NC(=NCCOC)NC1=O. The normalized spacial score (nSPS) is 21.6. The maximum absolute atomic E-state index is 11.6. The Morgan fingerprint density at radius 3 is 2.88 bits per heavy atom. The summed E-state index contributed by atoms with van der Waals surface area (Å²) in [5.74, 6) is 0.630. The number of rotatable bonds is 8. The van der Waals surface area contributed by atoms with Crippen LogP contribution in [0.25, 0.3) is 0 Å². The number of unbranched alkanes of at least 4 members (excludes halogenated alkanes) is 3. The Morgan fingerprint density at radius 1 is 1.35 bits per heavy atom. The van der Waals surface area contributed by atoms with Crippen LogP contribution in [0.1, 0.15) is 39.0 Å². The minimum atomic E-state index is -0.104. The number of methoxy groups -OCH3 is 1. The van der Waals surface area contributed by atoms with Crippen molar-refractivity contribution in [2.24, 2.45) is 4.99 Å². The van der Waals surface area contributed by atoms with Crippen molar-refractivity contribution in [2.45, 2.75) is 45.1 Å². The standard InChI is InChI=1S/C12H23N3O2/c1-3-4-5-6-7-10-11(16)15-12(14-10)13-8-9-17-2/h10H,3-9H2,1-2H3,(H2,13,14,15,16). The second-order valence-corrected chi connectivity index (χ2v) is 4.26. The van der Waals surface area contributed by atoms with Crippen molar-refractivity contribution in [3.63, 3.8) is 0 Å². The lowest BCUT2D eigenvalue weighted by molar-refractivity contribution is -0.120. The van der Waals surface area contributed by atoms with Crippen LogP contribution in [0.4, 0.5) is 0 Å². The van der Waals surface area contributed by atoms with Crippen LogP contribution >= 0.6 is 0 Å². The number of nitrogens with one attached hydrogen (secondary N) is 2. The number of amides is 1. The first-order valence-corrected chi connectivity index (χ1v) is 6.38. The molecule has 17 heavy (non-hydrogen) atoms. The van der Waals surface area contributed by atoms with Crippen LogP contribution in [0.2, 0.25) is 0 Å². The Hall–Kier alpha value is -1.10. The zero-order valence-corrected chi connectivity index (χ0v) is 10.8. The summed E-state index contributed by atoms with van der Waals surface area (Å²) in [5, 5.41) is 5.86. The zero-order valence-electron chi connectivity index (χ0n) is 10.8. The van der Waals surface area contributed by atoms with Gasteiger partial charge in [-0.25, -0.2) is 0 Å². The lowest BCUT2D eigenvalue weighted by atomic mass is 10.1. The third-order valence-corrected chi connectivity index (χ3v) is 2.78. The first kappa shape index (κ1) is 14.0. The number of carbonyl (C=O) groups is 1. The van der Waals surface area contributed by atoms with Gasteiger partial charge in [-0.1, -0.05) is 32.6 Å². The van der Waals surface area contributed by atoms with Gasteiger partial charge in [-0.05, 0) is 6.42 Å². The van der Waals surface area contributed by atoms with Gasteiger partial charge >= 0.3 is 0 Å². The van der Waals surface area contributed by atoms with E-state index in [4.69, 9.17) is 4.74 Å². The highest BCUT2D eigenvalue weighted by Crippen LogP contribution is 2.08. The molecule has 1 atom stereocenters. The largest absolute Gasteiger partial charge is 0.383 e. The van der Waals surface area contributed by atoms with Gasteiger partial charge in [0.2, 0.25) is 5.91 Å². The lowest BCUT2D eigenvalue weighted by Crippen LogP contribution is -2.29. The monoisotopic (exact) mass is 241 g/mol. The van der Waals surface area contributed by atoms with Crippen LogP contribution < -0.4 is 10.6 Å². The fraction of sp³-hybridized carbons (Fsp3) is 0.833. The Kier molecular flexibility index (Phi) is 6.62. The van der Waals surface area contributed by atoms with Gasteiger partial charge in [0, 0.05) is 7.11 Å². The van der Waals surface area contributed by atoms with Crippen LogP contribution in [0, 0.1) is 0 Å². The minimum Gasteiger partial charge on any atom is -0.383 e. The predicted molar refractivity (Wildman–Crippen MR) is 68.0 cm³/mol. The van der Waals surface area contributed by atoms with Crippen molar-refractivity contribution in [3.05, 3.63) is 0 Å². The fourth-order valence-corrected chi connectivity index (χ4v) is 1.78. The molecule has 0 aromatic rings. The number of guanidine groups is 1. The average Bonchev–Trinajstić information content (AvgIpc) is 2.66. The molecule has 1 unspecified atom stereocenters. The molecule has 5 nitrogen and oxygen atoms in total. The second-order valence-electron chi connectivity index (χ2n) is 4.26. The zero-order chi connectivity index (χ0) is 12.5. The van der Waals surface area contributed by atoms with Crippen molar-refractivity contribution < 1.29 is 9.53 Å². The molecule has 0 spiro atoms. The van der Waals surface area contributed by atoms with Gasteiger partial charge in [0.25, 0.3) is 0 Å². The summed E-state index contributed by atoms with van der Waals surface area (Å²) in [6.45, 7) is 3.32.